The molecule has 2 heterocycles. The third kappa shape index (κ3) is 3.38. The van der Waals surface area contributed by atoms with Gasteiger partial charge in [0, 0.05) is 24.8 Å². The number of nitrogens with one attached hydrogen (secondary N) is 1. The molecule has 3 N–H and O–H groups in total. The number of ether oxygens (including phenoxy) is 1. The highest BCUT2D eigenvalue weighted by atomic mass is 79.9. The van der Waals surface area contributed by atoms with E-state index in [1.165, 1.54) is 6.07 Å². The van der Waals surface area contributed by atoms with Crippen LogP contribution in [0.1, 0.15) is 25.5 Å². The van der Waals surface area contributed by atoms with E-state index in [1.54, 1.807) is 0 Å². The van der Waals surface area contributed by atoms with Crippen LogP contribution >= 0.6 is 15.9 Å². The highest BCUT2D eigenvalue weighted by Gasteiger charge is 2.34. The van der Waals surface area contributed by atoms with Gasteiger partial charge in [-0.15, -0.1) is 0 Å². The Hall–Kier alpha value is -0.410. The predicted octanol–water partition coefficient (Wildman–Crippen LogP) is 1.35. The van der Waals surface area contributed by atoms with E-state index in [0.29, 0.717) is 31.8 Å². The van der Waals surface area contributed by atoms with Crippen molar-refractivity contribution in [1.29, 1.82) is 0 Å². The lowest BCUT2D eigenvalue weighted by atomic mass is 9.94. The molecule has 1 aromatic rings. The van der Waals surface area contributed by atoms with Crippen LogP contribution < -0.4 is 10.5 Å². The van der Waals surface area contributed by atoms with E-state index in [-0.39, 0.29) is 16.1 Å². The lowest BCUT2D eigenvalue weighted by Gasteiger charge is -2.33. The van der Waals surface area contributed by atoms with Crippen molar-refractivity contribution >= 4 is 26.0 Å². The maximum atomic E-state index is 12.4. The fourth-order valence-corrected chi connectivity index (χ4v) is 4.45. The third-order valence-electron chi connectivity index (χ3n) is 3.17. The summed E-state index contributed by atoms with van der Waals surface area (Å²) in [6.07, 6.45) is 1.29. The van der Waals surface area contributed by atoms with Crippen LogP contribution in [0.2, 0.25) is 0 Å². The van der Waals surface area contributed by atoms with Crippen LogP contribution in [-0.4, -0.2) is 27.2 Å². The van der Waals surface area contributed by atoms with Crippen LogP contribution in [0.5, 0.6) is 0 Å². The molecule has 0 bridgehead atoms. The molecule has 1 saturated heterocycles. The molecule has 0 spiro atoms. The van der Waals surface area contributed by atoms with E-state index in [9.17, 15) is 8.42 Å². The summed E-state index contributed by atoms with van der Waals surface area (Å²) in [7, 11) is -3.64. The van der Waals surface area contributed by atoms with Gasteiger partial charge in [0.05, 0.1) is 6.54 Å². The molecule has 0 saturated carbocycles. The van der Waals surface area contributed by atoms with Gasteiger partial charge in [0.15, 0.2) is 4.67 Å². The Bertz CT molecular complexity index is 549. The van der Waals surface area contributed by atoms with Crippen molar-refractivity contribution in [1.82, 2.24) is 4.72 Å². The summed E-state index contributed by atoms with van der Waals surface area (Å²) in [4.78, 5) is 0.0840. The standard InChI is InChI=1S/C11H17BrN2O4S/c1-11(2-4-17-5-3-11)14-19(15,16)9-6-8(7-13)18-10(9)12/h6,14H,2-5,7,13H2,1H3. The molecule has 2 rings (SSSR count). The number of nitrogens with two attached hydrogens (primary N) is 1. The molecule has 0 unspecified atom stereocenters. The van der Waals surface area contributed by atoms with Crippen molar-refractivity contribution < 1.29 is 17.6 Å². The van der Waals surface area contributed by atoms with Crippen LogP contribution in [0, 0.1) is 0 Å². The normalized spacial score (nSPS) is 19.5. The fourth-order valence-electron chi connectivity index (χ4n) is 1.98. The monoisotopic (exact) mass is 352 g/mol. The average Bonchev–Trinajstić information content (AvgIpc) is 2.71. The second-order valence-corrected chi connectivity index (χ2v) is 7.20. The maximum absolute atomic E-state index is 12.4. The first kappa shape index (κ1) is 15.0. The highest BCUT2D eigenvalue weighted by molar-refractivity contribution is 9.10. The molecule has 0 atom stereocenters. The lowest BCUT2D eigenvalue weighted by molar-refractivity contribution is 0.0537. The molecule has 108 valence electrons. The molecule has 0 amide bonds. The second kappa shape index (κ2) is 5.53. The molecule has 0 aliphatic carbocycles. The Morgan fingerprint density at radius 2 is 2.11 bits per heavy atom. The summed E-state index contributed by atoms with van der Waals surface area (Å²) in [5, 5.41) is 0. The minimum absolute atomic E-state index is 0.0840. The van der Waals surface area contributed by atoms with Crippen LogP contribution in [-0.2, 0) is 21.3 Å². The van der Waals surface area contributed by atoms with Gasteiger partial charge in [-0.25, -0.2) is 13.1 Å². The number of furan rings is 1. The SMILES string of the molecule is CC1(NS(=O)(=O)c2cc(CN)oc2Br)CCOCC1. The Balaban J connectivity index is 2.24. The number of hydrogen-bond acceptors (Lipinski definition) is 5. The van der Waals surface area contributed by atoms with Gasteiger partial charge in [0.2, 0.25) is 10.0 Å². The number of sulfonamides is 1. The zero-order valence-electron chi connectivity index (χ0n) is 10.6. The summed E-state index contributed by atoms with van der Waals surface area (Å²) < 4.78 is 38.1. The molecule has 1 aromatic heterocycles. The smallest absolute Gasteiger partial charge is 0.245 e. The number of hydrogen-bond donors (Lipinski definition) is 2. The second-order valence-electron chi connectivity index (χ2n) is 4.83. The minimum atomic E-state index is -3.64. The first-order chi connectivity index (χ1) is 8.86. The summed E-state index contributed by atoms with van der Waals surface area (Å²) in [6, 6.07) is 1.44. The fraction of sp³-hybridized carbons (Fsp3) is 0.636. The van der Waals surface area contributed by atoms with Gasteiger partial charge < -0.3 is 14.9 Å². The highest BCUT2D eigenvalue weighted by Crippen LogP contribution is 2.29. The van der Waals surface area contributed by atoms with Crippen LogP contribution in [0.25, 0.3) is 0 Å². The number of rotatable bonds is 4. The van der Waals surface area contributed by atoms with Gasteiger partial charge in [0.1, 0.15) is 10.7 Å². The van der Waals surface area contributed by atoms with E-state index in [4.69, 9.17) is 14.9 Å². The molecular formula is C11H17BrN2O4S. The predicted molar refractivity (Wildman–Crippen MR) is 73.1 cm³/mol. The van der Waals surface area contributed by atoms with Crippen LogP contribution in [0.15, 0.2) is 20.0 Å². The molecule has 8 heteroatoms. The van der Waals surface area contributed by atoms with Crippen molar-refractivity contribution in [3.05, 3.63) is 16.5 Å². The molecule has 1 fully saturated rings. The first-order valence-corrected chi connectivity index (χ1v) is 8.24. The topological polar surface area (TPSA) is 94.6 Å². The van der Waals surface area contributed by atoms with E-state index in [2.05, 4.69) is 20.7 Å². The van der Waals surface area contributed by atoms with E-state index >= 15 is 0 Å². The summed E-state index contributed by atoms with van der Waals surface area (Å²) >= 11 is 3.11. The van der Waals surface area contributed by atoms with Crippen molar-refractivity contribution in [2.24, 2.45) is 5.73 Å². The van der Waals surface area contributed by atoms with Gasteiger partial charge >= 0.3 is 0 Å². The van der Waals surface area contributed by atoms with Crippen LogP contribution in [0.4, 0.5) is 0 Å². The molecule has 1 aliphatic rings. The van der Waals surface area contributed by atoms with E-state index < -0.39 is 15.6 Å². The largest absolute Gasteiger partial charge is 0.452 e. The van der Waals surface area contributed by atoms with Gasteiger partial charge in [-0.3, -0.25) is 0 Å². The Kier molecular flexibility index (Phi) is 4.36. The van der Waals surface area contributed by atoms with Crippen molar-refractivity contribution in [2.75, 3.05) is 13.2 Å². The molecule has 19 heavy (non-hydrogen) atoms. The summed E-state index contributed by atoms with van der Waals surface area (Å²) in [5.41, 5.74) is 4.95. The van der Waals surface area contributed by atoms with Gasteiger partial charge in [-0.05, 0) is 35.7 Å². The lowest BCUT2D eigenvalue weighted by Crippen LogP contribution is -2.49. The van der Waals surface area contributed by atoms with Gasteiger partial charge in [-0.1, -0.05) is 0 Å². The third-order valence-corrected chi connectivity index (χ3v) is 5.67. The quantitative estimate of drug-likeness (QED) is 0.852. The van der Waals surface area contributed by atoms with E-state index in [1.807, 2.05) is 6.92 Å². The molecule has 0 aromatic carbocycles. The van der Waals surface area contributed by atoms with Crippen molar-refractivity contribution in [2.45, 2.75) is 36.7 Å². The van der Waals surface area contributed by atoms with Gasteiger partial charge in [0.25, 0.3) is 0 Å². The Labute approximate surface area is 120 Å². The van der Waals surface area contributed by atoms with E-state index in [0.717, 1.165) is 0 Å². The summed E-state index contributed by atoms with van der Waals surface area (Å²) in [6.45, 7) is 3.14. The Morgan fingerprint density at radius 3 is 2.63 bits per heavy atom. The molecule has 0 radical (unpaired) electrons. The Morgan fingerprint density at radius 1 is 1.47 bits per heavy atom. The number of halogens is 1. The van der Waals surface area contributed by atoms with Gasteiger partial charge in [-0.2, -0.15) is 0 Å². The average molecular weight is 353 g/mol. The van der Waals surface area contributed by atoms with Crippen molar-refractivity contribution in [3.8, 4) is 0 Å². The first-order valence-electron chi connectivity index (χ1n) is 5.96. The maximum Gasteiger partial charge on any atom is 0.245 e. The zero-order chi connectivity index (χ0) is 14.1. The van der Waals surface area contributed by atoms with Crippen LogP contribution in [0.3, 0.4) is 0 Å². The molecule has 6 nitrogen and oxygen atoms in total. The zero-order valence-corrected chi connectivity index (χ0v) is 13.0. The molecule has 1 aliphatic heterocycles. The minimum Gasteiger partial charge on any atom is -0.452 e. The molecular weight excluding hydrogens is 336 g/mol. The van der Waals surface area contributed by atoms with Crippen molar-refractivity contribution in [3.63, 3.8) is 0 Å². The summed E-state index contributed by atoms with van der Waals surface area (Å²) in [5.74, 6) is 0.421.